The van der Waals surface area contributed by atoms with Gasteiger partial charge >= 0.3 is 0 Å². The highest BCUT2D eigenvalue weighted by atomic mass is 35.5. The molecule has 2 aromatic carbocycles. The number of pyridine rings is 1. The Bertz CT molecular complexity index is 1450. The minimum absolute atomic E-state index is 0.313. The first-order valence-corrected chi connectivity index (χ1v) is 10.4. The van der Waals surface area contributed by atoms with Crippen LogP contribution in [0.15, 0.2) is 79.1 Å². The Labute approximate surface area is 193 Å². The predicted molar refractivity (Wildman–Crippen MR) is 125 cm³/mol. The number of anilines is 1. The smallest absolute Gasteiger partial charge is 0.259 e. The van der Waals surface area contributed by atoms with Crippen LogP contribution in [0, 0.1) is 0 Å². The molecule has 33 heavy (non-hydrogen) atoms. The van der Waals surface area contributed by atoms with Gasteiger partial charge in [-0.05, 0) is 54.6 Å². The van der Waals surface area contributed by atoms with E-state index < -0.39 is 0 Å². The number of hydrogen-bond donors (Lipinski definition) is 1. The van der Waals surface area contributed by atoms with E-state index in [9.17, 15) is 4.79 Å². The zero-order valence-electron chi connectivity index (χ0n) is 17.4. The van der Waals surface area contributed by atoms with E-state index in [0.29, 0.717) is 33.5 Å². The first-order chi connectivity index (χ1) is 16.1. The van der Waals surface area contributed by atoms with Crippen LogP contribution in [0.25, 0.3) is 28.3 Å². The van der Waals surface area contributed by atoms with Gasteiger partial charge in [0.05, 0.1) is 18.4 Å². The van der Waals surface area contributed by atoms with E-state index in [1.165, 1.54) is 7.11 Å². The Kier molecular flexibility index (Phi) is 5.42. The number of nitrogens with one attached hydrogen (secondary N) is 1. The third-order valence-corrected chi connectivity index (χ3v) is 5.26. The molecule has 5 rings (SSSR count). The summed E-state index contributed by atoms with van der Waals surface area (Å²) in [5.74, 6) is 0.746. The lowest BCUT2D eigenvalue weighted by atomic mass is 10.1. The van der Waals surface area contributed by atoms with Crippen LogP contribution in [0.4, 0.5) is 5.69 Å². The topological polar surface area (TPSA) is 94.3 Å². The third kappa shape index (κ3) is 4.11. The summed E-state index contributed by atoms with van der Waals surface area (Å²) in [5.41, 5.74) is 4.06. The van der Waals surface area contributed by atoms with Crippen molar-refractivity contribution in [3.63, 3.8) is 0 Å². The first kappa shape index (κ1) is 20.6. The summed E-state index contributed by atoms with van der Waals surface area (Å²) in [6, 6.07) is 19.8. The number of benzene rings is 2. The van der Waals surface area contributed by atoms with E-state index in [1.54, 1.807) is 35.1 Å². The molecule has 1 N–H and O–H groups in total. The number of halogens is 1. The number of carbonyl (C=O) groups excluding carboxylic acids is 1. The van der Waals surface area contributed by atoms with Gasteiger partial charge in [0.2, 0.25) is 0 Å². The second-order valence-electron chi connectivity index (χ2n) is 7.13. The van der Waals surface area contributed by atoms with Crippen LogP contribution in [0.5, 0.6) is 5.75 Å². The first-order valence-electron chi connectivity index (χ1n) is 10.0. The molecule has 3 aromatic heterocycles. The minimum atomic E-state index is -0.313. The molecule has 0 unspecified atom stereocenters. The highest BCUT2D eigenvalue weighted by molar-refractivity contribution is 6.31. The lowest BCUT2D eigenvalue weighted by molar-refractivity contribution is 0.102. The molecule has 0 aliphatic rings. The van der Waals surface area contributed by atoms with E-state index in [1.807, 2.05) is 48.5 Å². The summed E-state index contributed by atoms with van der Waals surface area (Å²) in [6.45, 7) is 0. The zero-order chi connectivity index (χ0) is 22.8. The molecule has 3 heterocycles. The van der Waals surface area contributed by atoms with E-state index in [2.05, 4.69) is 20.5 Å². The molecule has 9 heteroatoms. The molecule has 162 valence electrons. The van der Waals surface area contributed by atoms with Gasteiger partial charge < -0.3 is 10.1 Å². The third-order valence-electron chi connectivity index (χ3n) is 5.03. The van der Waals surface area contributed by atoms with Crippen LogP contribution in [0.3, 0.4) is 0 Å². The number of rotatable bonds is 5. The van der Waals surface area contributed by atoms with Gasteiger partial charge in [0, 0.05) is 34.2 Å². The summed E-state index contributed by atoms with van der Waals surface area (Å²) in [5, 5.41) is 16.4. The van der Waals surface area contributed by atoms with Gasteiger partial charge in [-0.1, -0.05) is 23.7 Å². The normalized spacial score (nSPS) is 10.8. The highest BCUT2D eigenvalue weighted by Crippen LogP contribution is 2.25. The van der Waals surface area contributed by atoms with Crippen molar-refractivity contribution in [2.45, 2.75) is 0 Å². The van der Waals surface area contributed by atoms with Crippen LogP contribution < -0.4 is 10.1 Å². The number of nitrogens with zero attached hydrogens (tertiary/aromatic N) is 5. The molecule has 0 radical (unpaired) electrons. The molecule has 0 saturated carbocycles. The van der Waals surface area contributed by atoms with E-state index in [0.717, 1.165) is 16.8 Å². The van der Waals surface area contributed by atoms with Crippen LogP contribution in [0.1, 0.15) is 10.4 Å². The van der Waals surface area contributed by atoms with Crippen molar-refractivity contribution in [2.75, 3.05) is 12.4 Å². The average Bonchev–Trinajstić information content (AvgIpc) is 3.28. The van der Waals surface area contributed by atoms with Crippen molar-refractivity contribution in [3.8, 4) is 28.4 Å². The fraction of sp³-hybridized carbons (Fsp3) is 0.0417. The molecule has 0 aliphatic carbocycles. The molecule has 0 spiro atoms. The number of hydrogen-bond acceptors (Lipinski definition) is 6. The average molecular weight is 457 g/mol. The molecule has 0 aliphatic heterocycles. The number of amides is 1. The molecule has 0 fully saturated rings. The summed E-state index contributed by atoms with van der Waals surface area (Å²) in [7, 11) is 1.51. The van der Waals surface area contributed by atoms with E-state index >= 15 is 0 Å². The van der Waals surface area contributed by atoms with Gasteiger partial charge in [-0.15, -0.1) is 10.2 Å². The van der Waals surface area contributed by atoms with Crippen molar-refractivity contribution in [3.05, 3.63) is 89.7 Å². The SMILES string of the molecule is COc1ccc(Cl)cc1C(=O)Nc1ccc(-c2ccc3nnc(-c4cccnc4)n3n2)cc1. The molecule has 0 atom stereocenters. The monoisotopic (exact) mass is 456 g/mol. The predicted octanol–water partition coefficient (Wildman–Crippen LogP) is 4.77. The Balaban J connectivity index is 1.41. The summed E-state index contributed by atoms with van der Waals surface area (Å²) < 4.78 is 6.95. The number of aromatic nitrogens is 5. The molecule has 8 nitrogen and oxygen atoms in total. The second-order valence-corrected chi connectivity index (χ2v) is 7.57. The summed E-state index contributed by atoms with van der Waals surface area (Å²) in [4.78, 5) is 16.8. The molecule has 5 aromatic rings. The maximum Gasteiger partial charge on any atom is 0.259 e. The summed E-state index contributed by atoms with van der Waals surface area (Å²) in [6.07, 6.45) is 3.42. The van der Waals surface area contributed by atoms with Crippen molar-refractivity contribution in [1.29, 1.82) is 0 Å². The van der Waals surface area contributed by atoms with Gasteiger partial charge in [0.15, 0.2) is 11.5 Å². The van der Waals surface area contributed by atoms with Crippen LogP contribution >= 0.6 is 11.6 Å². The number of carbonyl (C=O) groups is 1. The van der Waals surface area contributed by atoms with Gasteiger partial charge in [0.25, 0.3) is 5.91 Å². The molecular weight excluding hydrogens is 440 g/mol. The maximum absolute atomic E-state index is 12.7. The quantitative estimate of drug-likeness (QED) is 0.409. The van der Waals surface area contributed by atoms with Gasteiger partial charge in [-0.25, -0.2) is 0 Å². The Morgan fingerprint density at radius 3 is 2.61 bits per heavy atom. The van der Waals surface area contributed by atoms with Gasteiger partial charge in [0.1, 0.15) is 5.75 Å². The second kappa shape index (κ2) is 8.68. The number of fused-ring (bicyclic) bond motifs is 1. The highest BCUT2D eigenvalue weighted by Gasteiger charge is 2.14. The van der Waals surface area contributed by atoms with Crippen molar-refractivity contribution >= 4 is 28.8 Å². The number of ether oxygens (including phenoxy) is 1. The molecular formula is C24H17ClN6O2. The Hall–Kier alpha value is -4.30. The van der Waals surface area contributed by atoms with Crippen molar-refractivity contribution < 1.29 is 9.53 Å². The van der Waals surface area contributed by atoms with Crippen LogP contribution in [-0.4, -0.2) is 37.8 Å². The Morgan fingerprint density at radius 2 is 1.85 bits per heavy atom. The summed E-state index contributed by atoms with van der Waals surface area (Å²) >= 11 is 6.04. The van der Waals surface area contributed by atoms with E-state index in [4.69, 9.17) is 21.4 Å². The Morgan fingerprint density at radius 1 is 1.00 bits per heavy atom. The van der Waals surface area contributed by atoms with Crippen molar-refractivity contribution in [2.24, 2.45) is 0 Å². The molecule has 1 amide bonds. The zero-order valence-corrected chi connectivity index (χ0v) is 18.2. The van der Waals surface area contributed by atoms with Crippen LogP contribution in [0.2, 0.25) is 5.02 Å². The largest absolute Gasteiger partial charge is 0.496 e. The fourth-order valence-electron chi connectivity index (χ4n) is 3.40. The van der Waals surface area contributed by atoms with Crippen LogP contribution in [-0.2, 0) is 0 Å². The molecule has 0 saturated heterocycles. The van der Waals surface area contributed by atoms with Gasteiger partial charge in [-0.2, -0.15) is 9.61 Å². The standard InChI is InChI=1S/C24H17ClN6O2/c1-33-21-10-6-17(25)13-19(21)24(32)27-18-7-4-15(5-8-18)20-9-11-22-28-29-23(31(22)30-20)16-3-2-12-26-14-16/h2-14H,1H3,(H,27,32). The van der Waals surface area contributed by atoms with E-state index in [-0.39, 0.29) is 5.91 Å². The maximum atomic E-state index is 12.7. The van der Waals surface area contributed by atoms with Gasteiger partial charge in [-0.3, -0.25) is 9.78 Å². The lowest BCUT2D eigenvalue weighted by Gasteiger charge is -2.10. The minimum Gasteiger partial charge on any atom is -0.496 e. The van der Waals surface area contributed by atoms with Crippen molar-refractivity contribution in [1.82, 2.24) is 24.8 Å². The lowest BCUT2D eigenvalue weighted by Crippen LogP contribution is -2.13. The molecule has 0 bridgehead atoms. The number of methoxy groups -OCH3 is 1. The fourth-order valence-corrected chi connectivity index (χ4v) is 3.57.